The molecule has 0 aromatic carbocycles. The summed E-state index contributed by atoms with van der Waals surface area (Å²) in [6.07, 6.45) is 11.3. The Morgan fingerprint density at radius 1 is 1.21 bits per heavy atom. The van der Waals surface area contributed by atoms with Gasteiger partial charge in [-0.15, -0.1) is 0 Å². The predicted molar refractivity (Wildman–Crippen MR) is 85.0 cm³/mol. The van der Waals surface area contributed by atoms with E-state index in [1.807, 2.05) is 0 Å². The summed E-state index contributed by atoms with van der Waals surface area (Å²) in [4.78, 5) is 2.68. The molecule has 1 aliphatic carbocycles. The minimum absolute atomic E-state index is 0.490. The molecular formula is C16H30BrNO. The van der Waals surface area contributed by atoms with Crippen molar-refractivity contribution in [2.24, 2.45) is 5.41 Å². The summed E-state index contributed by atoms with van der Waals surface area (Å²) in [7, 11) is 0. The Morgan fingerprint density at radius 2 is 2.00 bits per heavy atom. The smallest absolute Gasteiger partial charge is 0.0702 e. The van der Waals surface area contributed by atoms with Crippen LogP contribution in [-0.2, 0) is 4.74 Å². The van der Waals surface area contributed by atoms with Crippen LogP contribution >= 0.6 is 15.9 Å². The van der Waals surface area contributed by atoms with E-state index in [1.54, 1.807) is 0 Å². The summed E-state index contributed by atoms with van der Waals surface area (Å²) >= 11 is 3.79. The summed E-state index contributed by atoms with van der Waals surface area (Å²) in [6, 6.07) is 0. The van der Waals surface area contributed by atoms with Crippen molar-refractivity contribution in [1.82, 2.24) is 4.90 Å². The molecule has 19 heavy (non-hydrogen) atoms. The molecule has 2 fully saturated rings. The van der Waals surface area contributed by atoms with Gasteiger partial charge in [0.05, 0.1) is 6.10 Å². The van der Waals surface area contributed by atoms with Crippen LogP contribution in [0.4, 0.5) is 0 Å². The number of ether oxygens (including phenoxy) is 1. The van der Waals surface area contributed by atoms with E-state index < -0.39 is 0 Å². The van der Waals surface area contributed by atoms with E-state index in [1.165, 1.54) is 63.4 Å². The Balaban J connectivity index is 1.83. The number of rotatable bonds is 6. The summed E-state index contributed by atoms with van der Waals surface area (Å²) in [5.74, 6) is 0. The second-order valence-corrected chi connectivity index (χ2v) is 7.13. The highest BCUT2D eigenvalue weighted by Crippen LogP contribution is 2.39. The molecule has 1 saturated heterocycles. The molecule has 1 unspecified atom stereocenters. The number of piperidine rings is 1. The van der Waals surface area contributed by atoms with Crippen LogP contribution in [0.15, 0.2) is 0 Å². The SMILES string of the molecule is CCCOC1CCCN(CC2(CBr)CCCCC2)C1. The lowest BCUT2D eigenvalue weighted by Crippen LogP contribution is -2.46. The van der Waals surface area contributed by atoms with Crippen molar-refractivity contribution < 1.29 is 4.74 Å². The van der Waals surface area contributed by atoms with Gasteiger partial charge in [0.2, 0.25) is 0 Å². The van der Waals surface area contributed by atoms with Crippen molar-refractivity contribution >= 4 is 15.9 Å². The maximum Gasteiger partial charge on any atom is 0.0702 e. The summed E-state index contributed by atoms with van der Waals surface area (Å²) in [6.45, 7) is 6.85. The van der Waals surface area contributed by atoms with Crippen LogP contribution in [0.2, 0.25) is 0 Å². The van der Waals surface area contributed by atoms with Crippen molar-refractivity contribution in [1.29, 1.82) is 0 Å². The monoisotopic (exact) mass is 331 g/mol. The van der Waals surface area contributed by atoms with Crippen molar-refractivity contribution in [2.75, 3.05) is 31.6 Å². The molecule has 0 spiro atoms. The van der Waals surface area contributed by atoms with Gasteiger partial charge in [0.25, 0.3) is 0 Å². The molecule has 1 aliphatic heterocycles. The van der Waals surface area contributed by atoms with Gasteiger partial charge >= 0.3 is 0 Å². The largest absolute Gasteiger partial charge is 0.377 e. The van der Waals surface area contributed by atoms with E-state index >= 15 is 0 Å². The lowest BCUT2D eigenvalue weighted by molar-refractivity contribution is -0.0132. The molecule has 0 bridgehead atoms. The fourth-order valence-electron chi connectivity index (χ4n) is 3.69. The quantitative estimate of drug-likeness (QED) is 0.675. The first-order valence-corrected chi connectivity index (χ1v) is 9.30. The first kappa shape index (κ1) is 15.8. The van der Waals surface area contributed by atoms with Crippen LogP contribution in [0, 0.1) is 5.41 Å². The van der Waals surface area contributed by atoms with Crippen LogP contribution in [0.1, 0.15) is 58.3 Å². The van der Waals surface area contributed by atoms with E-state index in [0.29, 0.717) is 11.5 Å². The fraction of sp³-hybridized carbons (Fsp3) is 1.00. The maximum absolute atomic E-state index is 5.96. The van der Waals surface area contributed by atoms with Crippen molar-refractivity contribution in [3.05, 3.63) is 0 Å². The van der Waals surface area contributed by atoms with Crippen LogP contribution < -0.4 is 0 Å². The van der Waals surface area contributed by atoms with Gasteiger partial charge in [-0.2, -0.15) is 0 Å². The average Bonchev–Trinajstić information content (AvgIpc) is 2.46. The molecule has 3 heteroatoms. The standard InChI is InChI=1S/C16H30BrNO/c1-2-11-19-15-7-6-10-18(12-15)14-16(13-17)8-4-3-5-9-16/h15H,2-14H2,1H3. The van der Waals surface area contributed by atoms with Gasteiger partial charge in [-0.05, 0) is 44.1 Å². The zero-order valence-electron chi connectivity index (χ0n) is 12.5. The molecule has 1 heterocycles. The van der Waals surface area contributed by atoms with E-state index in [0.717, 1.165) is 19.6 Å². The molecule has 0 amide bonds. The highest BCUT2D eigenvalue weighted by Gasteiger charge is 2.34. The lowest BCUT2D eigenvalue weighted by Gasteiger charge is -2.42. The number of halogens is 1. The summed E-state index contributed by atoms with van der Waals surface area (Å²) in [5, 5.41) is 1.18. The van der Waals surface area contributed by atoms with Crippen molar-refractivity contribution in [3.63, 3.8) is 0 Å². The average molecular weight is 332 g/mol. The fourth-order valence-corrected chi connectivity index (χ4v) is 4.43. The predicted octanol–water partition coefficient (Wildman–Crippen LogP) is 4.22. The van der Waals surface area contributed by atoms with Gasteiger partial charge < -0.3 is 9.64 Å². The Morgan fingerprint density at radius 3 is 2.68 bits per heavy atom. The summed E-state index contributed by atoms with van der Waals surface area (Å²) in [5.41, 5.74) is 0.547. The lowest BCUT2D eigenvalue weighted by atomic mass is 9.75. The zero-order chi connectivity index (χ0) is 13.6. The van der Waals surface area contributed by atoms with Gasteiger partial charge in [-0.3, -0.25) is 0 Å². The molecule has 112 valence electrons. The van der Waals surface area contributed by atoms with E-state index in [9.17, 15) is 0 Å². The van der Waals surface area contributed by atoms with Crippen LogP contribution in [-0.4, -0.2) is 42.6 Å². The molecule has 0 aromatic heterocycles. The third-order valence-electron chi connectivity index (χ3n) is 4.78. The summed E-state index contributed by atoms with van der Waals surface area (Å²) < 4.78 is 5.96. The molecular weight excluding hydrogens is 302 g/mol. The normalized spacial score (nSPS) is 28.4. The highest BCUT2D eigenvalue weighted by atomic mass is 79.9. The molecule has 2 nitrogen and oxygen atoms in total. The number of hydrogen-bond donors (Lipinski definition) is 0. The van der Waals surface area contributed by atoms with Crippen molar-refractivity contribution in [2.45, 2.75) is 64.4 Å². The Bertz CT molecular complexity index is 253. The van der Waals surface area contributed by atoms with Crippen molar-refractivity contribution in [3.8, 4) is 0 Å². The van der Waals surface area contributed by atoms with Crippen LogP contribution in [0.3, 0.4) is 0 Å². The maximum atomic E-state index is 5.96. The minimum atomic E-state index is 0.490. The van der Waals surface area contributed by atoms with Gasteiger partial charge in [0.1, 0.15) is 0 Å². The molecule has 1 saturated carbocycles. The second kappa shape index (κ2) is 7.99. The third kappa shape index (κ3) is 4.71. The highest BCUT2D eigenvalue weighted by molar-refractivity contribution is 9.09. The number of nitrogens with zero attached hydrogens (tertiary/aromatic N) is 1. The zero-order valence-corrected chi connectivity index (χ0v) is 14.1. The first-order valence-electron chi connectivity index (χ1n) is 8.18. The molecule has 1 atom stereocenters. The van der Waals surface area contributed by atoms with Crippen LogP contribution in [0.5, 0.6) is 0 Å². The minimum Gasteiger partial charge on any atom is -0.377 e. The number of hydrogen-bond acceptors (Lipinski definition) is 2. The Labute approximate surface area is 127 Å². The number of alkyl halides is 1. The van der Waals surface area contributed by atoms with E-state index in [-0.39, 0.29) is 0 Å². The molecule has 2 rings (SSSR count). The Hall–Kier alpha value is 0.400. The van der Waals surface area contributed by atoms with Gasteiger partial charge in [0, 0.05) is 25.0 Å². The molecule has 0 N–H and O–H groups in total. The van der Waals surface area contributed by atoms with Gasteiger partial charge in [0.15, 0.2) is 0 Å². The van der Waals surface area contributed by atoms with E-state index in [2.05, 4.69) is 27.8 Å². The van der Waals surface area contributed by atoms with Gasteiger partial charge in [-0.25, -0.2) is 0 Å². The molecule has 0 aromatic rings. The van der Waals surface area contributed by atoms with Crippen LogP contribution in [0.25, 0.3) is 0 Å². The third-order valence-corrected chi connectivity index (χ3v) is 5.97. The second-order valence-electron chi connectivity index (χ2n) is 6.56. The molecule has 2 aliphatic rings. The van der Waals surface area contributed by atoms with E-state index in [4.69, 9.17) is 4.74 Å². The topological polar surface area (TPSA) is 12.5 Å². The molecule has 0 radical (unpaired) electrons. The number of likely N-dealkylation sites (tertiary alicyclic amines) is 1. The first-order chi connectivity index (χ1) is 9.28. The van der Waals surface area contributed by atoms with Gasteiger partial charge in [-0.1, -0.05) is 42.1 Å². The Kier molecular flexibility index (Phi) is 6.64.